The summed E-state index contributed by atoms with van der Waals surface area (Å²) in [6.45, 7) is 5.57. The third kappa shape index (κ3) is 4.88. The smallest absolute Gasteiger partial charge is 0.407 e. The molecule has 0 fully saturated rings. The molecule has 3 aromatic heterocycles. The molecule has 0 unspecified atom stereocenters. The number of amides is 1. The Kier molecular flexibility index (Phi) is 6.13. The number of H-pyrrole nitrogens is 1. The van der Waals surface area contributed by atoms with E-state index in [0.717, 1.165) is 27.2 Å². The first-order valence-corrected chi connectivity index (χ1v) is 10.4. The molecular weight excluding hydrogens is 462 g/mol. The van der Waals surface area contributed by atoms with Crippen LogP contribution in [0.4, 0.5) is 4.79 Å². The number of carboxylic acid groups (broad SMARTS) is 1. The van der Waals surface area contributed by atoms with Crippen LogP contribution in [0.25, 0.3) is 21.5 Å². The third-order valence-corrected chi connectivity index (χ3v) is 5.94. The van der Waals surface area contributed by atoms with Gasteiger partial charge in [-0.3, -0.25) is 0 Å². The van der Waals surface area contributed by atoms with E-state index in [0.29, 0.717) is 10.1 Å². The van der Waals surface area contributed by atoms with Crippen molar-refractivity contribution in [2.45, 2.75) is 26.4 Å². The number of aromatic nitrogens is 2. The normalized spacial score (nSPS) is 11.4. The Bertz CT molecular complexity index is 1050. The van der Waals surface area contributed by atoms with E-state index >= 15 is 0 Å². The van der Waals surface area contributed by atoms with Crippen molar-refractivity contribution >= 4 is 50.4 Å². The number of aromatic carboxylic acids is 1. The summed E-state index contributed by atoms with van der Waals surface area (Å²) >= 11 is 4.59. The Morgan fingerprint density at radius 2 is 2.10 bits per heavy atom. The molecule has 0 spiro atoms. The van der Waals surface area contributed by atoms with Crippen LogP contribution in [0.2, 0.25) is 0 Å². The zero-order chi connectivity index (χ0) is 21.2. The Morgan fingerprint density at radius 1 is 1.34 bits per heavy atom. The highest BCUT2D eigenvalue weighted by Crippen LogP contribution is 2.47. The number of nitrogens with one attached hydrogen (secondary N) is 2. The van der Waals surface area contributed by atoms with Gasteiger partial charge in [-0.05, 0) is 48.8 Å². The van der Waals surface area contributed by atoms with Crippen molar-refractivity contribution in [3.63, 3.8) is 0 Å². The van der Waals surface area contributed by atoms with Gasteiger partial charge in [0.1, 0.15) is 17.9 Å². The number of hydrogen-bond acceptors (Lipinski definition) is 6. The number of carboxylic acids is 1. The Hall–Kier alpha value is -2.59. The number of halogens is 1. The number of carbonyl (C=O) groups excluding carboxylic acids is 1. The molecule has 29 heavy (non-hydrogen) atoms. The molecule has 0 aliphatic rings. The molecule has 10 heteroatoms. The van der Waals surface area contributed by atoms with Crippen LogP contribution in [-0.4, -0.2) is 45.9 Å². The molecule has 0 saturated heterocycles. The number of pyridine rings is 1. The number of ether oxygens (including phenoxy) is 2. The van der Waals surface area contributed by atoms with Gasteiger partial charge in [0.05, 0.1) is 15.9 Å². The number of hydrogen-bond donors (Lipinski definition) is 3. The van der Waals surface area contributed by atoms with Crippen LogP contribution in [0.15, 0.2) is 29.0 Å². The van der Waals surface area contributed by atoms with E-state index in [9.17, 15) is 14.7 Å². The highest BCUT2D eigenvalue weighted by atomic mass is 79.9. The predicted octanol–water partition coefficient (Wildman–Crippen LogP) is 4.66. The molecule has 1 amide bonds. The van der Waals surface area contributed by atoms with E-state index in [4.69, 9.17) is 9.47 Å². The van der Waals surface area contributed by atoms with Gasteiger partial charge < -0.3 is 24.9 Å². The Morgan fingerprint density at radius 3 is 2.79 bits per heavy atom. The van der Waals surface area contributed by atoms with E-state index in [1.54, 1.807) is 33.2 Å². The summed E-state index contributed by atoms with van der Waals surface area (Å²) in [4.78, 5) is 31.5. The molecule has 0 aliphatic heterocycles. The van der Waals surface area contributed by atoms with Crippen molar-refractivity contribution < 1.29 is 24.2 Å². The highest BCUT2D eigenvalue weighted by Gasteiger charge is 2.25. The molecule has 0 saturated carbocycles. The maximum Gasteiger partial charge on any atom is 0.407 e. The van der Waals surface area contributed by atoms with Crippen molar-refractivity contribution in [3.05, 3.63) is 33.9 Å². The molecule has 3 heterocycles. The maximum absolute atomic E-state index is 11.7. The van der Waals surface area contributed by atoms with Crippen molar-refractivity contribution in [2.24, 2.45) is 0 Å². The first kappa shape index (κ1) is 21.1. The summed E-state index contributed by atoms with van der Waals surface area (Å²) < 4.78 is 11.4. The number of aromatic amines is 1. The average molecular weight is 482 g/mol. The van der Waals surface area contributed by atoms with Gasteiger partial charge >= 0.3 is 12.1 Å². The second-order valence-electron chi connectivity index (χ2n) is 7.08. The van der Waals surface area contributed by atoms with E-state index in [-0.39, 0.29) is 23.8 Å². The number of carbonyl (C=O) groups is 2. The van der Waals surface area contributed by atoms with Crippen LogP contribution in [-0.2, 0) is 4.74 Å². The van der Waals surface area contributed by atoms with E-state index in [1.165, 1.54) is 0 Å². The Labute approximate surface area is 179 Å². The second kappa shape index (κ2) is 8.42. The zero-order valence-electron chi connectivity index (χ0n) is 16.0. The highest BCUT2D eigenvalue weighted by molar-refractivity contribution is 9.10. The summed E-state index contributed by atoms with van der Waals surface area (Å²) in [5.74, 6) is -0.861. The van der Waals surface area contributed by atoms with Gasteiger partial charge in [0, 0.05) is 23.3 Å². The van der Waals surface area contributed by atoms with Crippen LogP contribution in [0, 0.1) is 0 Å². The lowest BCUT2D eigenvalue weighted by molar-refractivity contribution is 0.0518. The summed E-state index contributed by atoms with van der Waals surface area (Å²) in [7, 11) is 0. The van der Waals surface area contributed by atoms with Crippen LogP contribution < -0.4 is 10.1 Å². The predicted molar refractivity (Wildman–Crippen MR) is 114 cm³/mol. The standard InChI is InChI=1S/C19H20BrN3O5S/c1-19(2,3)28-18(26)23-8-9-27-13-12(20)14(29-15(13)17(24)25)10-4-6-21-16-11(10)5-7-22-16/h4-7H,8-9H2,1-3H3,(H,21,22)(H,23,26)(H,24,25). The molecule has 0 atom stereocenters. The van der Waals surface area contributed by atoms with Crippen LogP contribution in [0.3, 0.4) is 0 Å². The Balaban J connectivity index is 1.78. The average Bonchev–Trinajstić information content (AvgIpc) is 3.22. The van der Waals surface area contributed by atoms with Gasteiger partial charge in [-0.2, -0.15) is 0 Å². The fraction of sp³-hybridized carbons (Fsp3) is 0.316. The summed E-state index contributed by atoms with van der Waals surface area (Å²) in [6, 6.07) is 3.71. The second-order valence-corrected chi connectivity index (χ2v) is 8.90. The fourth-order valence-corrected chi connectivity index (χ4v) is 4.53. The van der Waals surface area contributed by atoms with E-state index < -0.39 is 17.7 Å². The molecule has 0 radical (unpaired) electrons. The molecule has 3 rings (SSSR count). The minimum Gasteiger partial charge on any atom is -0.489 e. The lowest BCUT2D eigenvalue weighted by Crippen LogP contribution is -2.34. The molecule has 0 aromatic carbocycles. The maximum atomic E-state index is 11.7. The molecule has 0 aliphatic carbocycles. The summed E-state index contributed by atoms with van der Waals surface area (Å²) in [6.07, 6.45) is 2.88. The third-order valence-electron chi connectivity index (χ3n) is 3.72. The molecule has 3 aromatic rings. The van der Waals surface area contributed by atoms with Crippen molar-refractivity contribution in [2.75, 3.05) is 13.2 Å². The van der Waals surface area contributed by atoms with Gasteiger partial charge in [0.25, 0.3) is 0 Å². The molecular formula is C19H20BrN3O5S. The summed E-state index contributed by atoms with van der Waals surface area (Å²) in [5.41, 5.74) is 0.960. The minimum atomic E-state index is -1.09. The van der Waals surface area contributed by atoms with Crippen LogP contribution >= 0.6 is 27.3 Å². The molecule has 3 N–H and O–H groups in total. The zero-order valence-corrected chi connectivity index (χ0v) is 18.4. The number of rotatable bonds is 6. The van der Waals surface area contributed by atoms with Gasteiger partial charge in [0.15, 0.2) is 10.6 Å². The van der Waals surface area contributed by atoms with Crippen molar-refractivity contribution in [1.82, 2.24) is 15.3 Å². The molecule has 154 valence electrons. The van der Waals surface area contributed by atoms with Crippen LogP contribution in [0.5, 0.6) is 5.75 Å². The van der Waals surface area contributed by atoms with Gasteiger partial charge in [-0.25, -0.2) is 14.6 Å². The lowest BCUT2D eigenvalue weighted by Gasteiger charge is -2.19. The first-order chi connectivity index (χ1) is 13.7. The first-order valence-electron chi connectivity index (χ1n) is 8.75. The number of alkyl carbamates (subject to hydrolysis) is 1. The monoisotopic (exact) mass is 481 g/mol. The lowest BCUT2D eigenvalue weighted by atomic mass is 10.1. The van der Waals surface area contributed by atoms with Gasteiger partial charge in [-0.15, -0.1) is 11.3 Å². The van der Waals surface area contributed by atoms with E-state index in [2.05, 4.69) is 31.2 Å². The van der Waals surface area contributed by atoms with Gasteiger partial charge in [-0.1, -0.05) is 0 Å². The SMILES string of the molecule is CC(C)(C)OC(=O)NCCOc1c(C(=O)O)sc(-c2ccnc3[nH]ccc23)c1Br. The topological polar surface area (TPSA) is 114 Å². The number of thiophene rings is 1. The van der Waals surface area contributed by atoms with Crippen LogP contribution in [0.1, 0.15) is 30.4 Å². The van der Waals surface area contributed by atoms with Gasteiger partial charge in [0.2, 0.25) is 0 Å². The fourth-order valence-electron chi connectivity index (χ4n) is 2.62. The molecule has 8 nitrogen and oxygen atoms in total. The minimum absolute atomic E-state index is 0.0737. The quantitative estimate of drug-likeness (QED) is 0.441. The van der Waals surface area contributed by atoms with E-state index in [1.807, 2.05) is 12.1 Å². The number of nitrogens with zero attached hydrogens (tertiary/aromatic N) is 1. The van der Waals surface area contributed by atoms with Crippen molar-refractivity contribution in [3.8, 4) is 16.2 Å². The largest absolute Gasteiger partial charge is 0.489 e. The van der Waals surface area contributed by atoms with Crippen molar-refractivity contribution in [1.29, 1.82) is 0 Å². The molecule has 0 bridgehead atoms. The number of fused-ring (bicyclic) bond motifs is 1. The summed E-state index contributed by atoms with van der Waals surface area (Å²) in [5, 5.41) is 13.1.